The summed E-state index contributed by atoms with van der Waals surface area (Å²) in [5.74, 6) is -0.360. The van der Waals surface area contributed by atoms with Gasteiger partial charge in [-0.2, -0.15) is 0 Å². The summed E-state index contributed by atoms with van der Waals surface area (Å²) < 4.78 is 14.1. The van der Waals surface area contributed by atoms with Gasteiger partial charge in [0.2, 0.25) is 0 Å². The van der Waals surface area contributed by atoms with E-state index in [9.17, 15) is 9.50 Å². The molecule has 0 saturated carbocycles. The van der Waals surface area contributed by atoms with Crippen LogP contribution >= 0.6 is 11.8 Å². The van der Waals surface area contributed by atoms with Crippen molar-refractivity contribution in [2.45, 2.75) is 22.9 Å². The summed E-state index contributed by atoms with van der Waals surface area (Å²) in [7, 11) is 0. The van der Waals surface area contributed by atoms with E-state index in [-0.39, 0.29) is 5.82 Å². The van der Waals surface area contributed by atoms with E-state index in [4.69, 9.17) is 0 Å². The highest BCUT2D eigenvalue weighted by molar-refractivity contribution is 7.99. The largest absolute Gasteiger partial charge is 0.389 e. The first-order chi connectivity index (χ1) is 10.2. The second kappa shape index (κ2) is 5.79. The maximum absolute atomic E-state index is 14.1. The maximum atomic E-state index is 14.1. The Bertz CT molecular complexity index is 787. The average Bonchev–Trinajstić information content (AvgIpc) is 2.49. The van der Waals surface area contributed by atoms with Gasteiger partial charge in [-0.3, -0.25) is 0 Å². The summed E-state index contributed by atoms with van der Waals surface area (Å²) in [6.07, 6.45) is 0.726. The van der Waals surface area contributed by atoms with E-state index < -0.39 is 6.10 Å². The Kier molecular flexibility index (Phi) is 3.86. The van der Waals surface area contributed by atoms with Crippen molar-refractivity contribution in [3.63, 3.8) is 0 Å². The molecule has 1 N–H and O–H groups in total. The topological polar surface area (TPSA) is 46.0 Å². The first-order valence-electron chi connectivity index (χ1n) is 6.51. The predicted octanol–water partition coefficient (Wildman–Crippen LogP) is 3.97. The minimum atomic E-state index is -0.740. The molecule has 2 aromatic carbocycles. The van der Waals surface area contributed by atoms with Crippen molar-refractivity contribution in [1.29, 1.82) is 0 Å². The molecule has 3 nitrogen and oxygen atoms in total. The van der Waals surface area contributed by atoms with Crippen LogP contribution in [0.2, 0.25) is 0 Å². The molecule has 1 atom stereocenters. The molecule has 0 radical (unpaired) electrons. The summed E-state index contributed by atoms with van der Waals surface area (Å²) in [6, 6.07) is 12.3. The standard InChI is InChI=1S/C16H13FN2OS/c1-10(20)11-6-4-7-13(17)15(11)21-16-12-5-2-3-8-14(12)18-9-19-16/h2-10,20H,1H3. The number of aliphatic hydroxyl groups excluding tert-OH is 1. The molecule has 0 saturated heterocycles. The molecule has 0 amide bonds. The van der Waals surface area contributed by atoms with E-state index in [1.165, 1.54) is 24.2 Å². The van der Waals surface area contributed by atoms with Gasteiger partial charge in [-0.25, -0.2) is 14.4 Å². The number of halogens is 1. The molecule has 1 aromatic heterocycles. The van der Waals surface area contributed by atoms with Gasteiger partial charge in [0.15, 0.2) is 0 Å². The van der Waals surface area contributed by atoms with Crippen molar-refractivity contribution < 1.29 is 9.50 Å². The Hall–Kier alpha value is -1.98. The van der Waals surface area contributed by atoms with Gasteiger partial charge < -0.3 is 5.11 Å². The molecule has 0 aliphatic carbocycles. The van der Waals surface area contributed by atoms with Gasteiger partial charge in [-0.05, 0) is 24.6 Å². The Balaban J connectivity index is 2.11. The molecule has 106 valence electrons. The minimum absolute atomic E-state index is 0.360. The first kappa shape index (κ1) is 14.0. The third kappa shape index (κ3) is 2.75. The van der Waals surface area contributed by atoms with E-state index in [0.717, 1.165) is 10.9 Å². The lowest BCUT2D eigenvalue weighted by Gasteiger charge is -2.12. The predicted molar refractivity (Wildman–Crippen MR) is 80.7 cm³/mol. The van der Waals surface area contributed by atoms with Gasteiger partial charge in [0.25, 0.3) is 0 Å². The number of fused-ring (bicyclic) bond motifs is 1. The molecule has 1 heterocycles. The van der Waals surface area contributed by atoms with Gasteiger partial charge in [0.1, 0.15) is 17.2 Å². The monoisotopic (exact) mass is 300 g/mol. The van der Waals surface area contributed by atoms with E-state index in [2.05, 4.69) is 9.97 Å². The number of hydrogen-bond acceptors (Lipinski definition) is 4. The van der Waals surface area contributed by atoms with Gasteiger partial charge in [0.05, 0.1) is 16.5 Å². The number of para-hydroxylation sites is 1. The fourth-order valence-electron chi connectivity index (χ4n) is 2.12. The zero-order chi connectivity index (χ0) is 14.8. The Morgan fingerprint density at radius 1 is 1.10 bits per heavy atom. The van der Waals surface area contributed by atoms with E-state index in [1.807, 2.05) is 24.3 Å². The Labute approximate surface area is 125 Å². The highest BCUT2D eigenvalue weighted by atomic mass is 32.2. The van der Waals surface area contributed by atoms with Crippen molar-refractivity contribution in [3.8, 4) is 0 Å². The minimum Gasteiger partial charge on any atom is -0.389 e. The molecule has 0 spiro atoms. The van der Waals surface area contributed by atoms with Crippen LogP contribution < -0.4 is 0 Å². The molecule has 0 aliphatic rings. The molecule has 1 unspecified atom stereocenters. The van der Waals surface area contributed by atoms with E-state index >= 15 is 0 Å². The zero-order valence-electron chi connectivity index (χ0n) is 11.3. The van der Waals surface area contributed by atoms with Crippen LogP contribution in [-0.2, 0) is 0 Å². The Morgan fingerprint density at radius 3 is 2.71 bits per heavy atom. The second-order valence-electron chi connectivity index (χ2n) is 4.63. The van der Waals surface area contributed by atoms with Crippen molar-refractivity contribution in [2.75, 3.05) is 0 Å². The van der Waals surface area contributed by atoms with Gasteiger partial charge in [-0.15, -0.1) is 0 Å². The highest BCUT2D eigenvalue weighted by Crippen LogP contribution is 2.36. The number of nitrogens with zero attached hydrogens (tertiary/aromatic N) is 2. The summed E-state index contributed by atoms with van der Waals surface area (Å²) in [5, 5.41) is 11.3. The molecule has 3 aromatic rings. The maximum Gasteiger partial charge on any atom is 0.137 e. The van der Waals surface area contributed by atoms with Crippen LogP contribution in [0.1, 0.15) is 18.6 Å². The smallest absolute Gasteiger partial charge is 0.137 e. The summed E-state index contributed by atoms with van der Waals surface area (Å²) in [6.45, 7) is 1.62. The molecule has 5 heteroatoms. The quantitative estimate of drug-likeness (QED) is 0.743. The number of rotatable bonds is 3. The number of aromatic nitrogens is 2. The molecular weight excluding hydrogens is 287 g/mol. The molecule has 3 rings (SSSR count). The first-order valence-corrected chi connectivity index (χ1v) is 7.32. The molecule has 0 bridgehead atoms. The third-order valence-electron chi connectivity index (χ3n) is 3.15. The van der Waals surface area contributed by atoms with Crippen molar-refractivity contribution in [2.24, 2.45) is 0 Å². The summed E-state index contributed by atoms with van der Waals surface area (Å²) in [5.41, 5.74) is 1.37. The van der Waals surface area contributed by atoms with Crippen LogP contribution in [0.4, 0.5) is 4.39 Å². The lowest BCUT2D eigenvalue weighted by molar-refractivity contribution is 0.195. The fourth-order valence-corrected chi connectivity index (χ4v) is 3.22. The second-order valence-corrected chi connectivity index (χ2v) is 5.63. The SMILES string of the molecule is CC(O)c1cccc(F)c1Sc1ncnc2ccccc12. The normalized spacial score (nSPS) is 12.5. The van der Waals surface area contributed by atoms with Gasteiger partial charge in [0, 0.05) is 5.39 Å². The van der Waals surface area contributed by atoms with E-state index in [1.54, 1.807) is 19.1 Å². The molecule has 21 heavy (non-hydrogen) atoms. The lowest BCUT2D eigenvalue weighted by atomic mass is 10.1. The number of aliphatic hydroxyl groups is 1. The van der Waals surface area contributed by atoms with Crippen LogP contribution in [0, 0.1) is 5.82 Å². The van der Waals surface area contributed by atoms with Crippen molar-refractivity contribution in [3.05, 3.63) is 60.2 Å². The van der Waals surface area contributed by atoms with Crippen molar-refractivity contribution in [1.82, 2.24) is 9.97 Å². The highest BCUT2D eigenvalue weighted by Gasteiger charge is 2.15. The molecular formula is C16H13FN2OS. The average molecular weight is 300 g/mol. The molecule has 0 aliphatic heterocycles. The lowest BCUT2D eigenvalue weighted by Crippen LogP contribution is -1.97. The zero-order valence-corrected chi connectivity index (χ0v) is 12.1. The molecule has 0 fully saturated rings. The Morgan fingerprint density at radius 2 is 1.90 bits per heavy atom. The summed E-state index contributed by atoms with van der Waals surface area (Å²) >= 11 is 1.21. The van der Waals surface area contributed by atoms with Gasteiger partial charge >= 0.3 is 0 Å². The number of hydrogen-bond donors (Lipinski definition) is 1. The number of benzene rings is 2. The van der Waals surface area contributed by atoms with Crippen molar-refractivity contribution >= 4 is 22.7 Å². The van der Waals surface area contributed by atoms with Crippen LogP contribution in [0.25, 0.3) is 10.9 Å². The van der Waals surface area contributed by atoms with Crippen LogP contribution in [0.15, 0.2) is 58.7 Å². The third-order valence-corrected chi connectivity index (χ3v) is 4.31. The summed E-state index contributed by atoms with van der Waals surface area (Å²) in [4.78, 5) is 8.84. The van der Waals surface area contributed by atoms with Crippen LogP contribution in [-0.4, -0.2) is 15.1 Å². The van der Waals surface area contributed by atoms with Gasteiger partial charge in [-0.1, -0.05) is 42.1 Å². The van der Waals surface area contributed by atoms with Crippen LogP contribution in [0.5, 0.6) is 0 Å². The van der Waals surface area contributed by atoms with E-state index in [0.29, 0.717) is 15.5 Å². The fraction of sp³-hybridized carbons (Fsp3) is 0.125. The van der Waals surface area contributed by atoms with Crippen LogP contribution in [0.3, 0.4) is 0 Å².